The molecule has 1 aromatic heterocycles. The van der Waals surface area contributed by atoms with E-state index in [2.05, 4.69) is 33.8 Å². The maximum Gasteiger partial charge on any atom is 0.405 e. The maximum atomic E-state index is 13.3. The smallest absolute Gasteiger partial charge is 0.405 e. The first kappa shape index (κ1) is 27.6. The van der Waals surface area contributed by atoms with Gasteiger partial charge in [-0.1, -0.05) is 45.0 Å². The number of benzene rings is 2. The Morgan fingerprint density at radius 1 is 1.13 bits per heavy atom. The number of nitrogens with one attached hydrogen (secondary N) is 2. The lowest BCUT2D eigenvalue weighted by molar-refractivity contribution is -0.135. The summed E-state index contributed by atoms with van der Waals surface area (Å²) in [5.41, 5.74) is 4.41. The average molecular weight is 531 g/mol. The number of carbonyl (C=O) groups excluding carboxylic acids is 1. The molecule has 0 saturated heterocycles. The van der Waals surface area contributed by atoms with Crippen molar-refractivity contribution in [2.45, 2.75) is 53.0 Å². The number of carboxylic acid groups (broad SMARTS) is 1. The van der Waals surface area contributed by atoms with E-state index in [-0.39, 0.29) is 5.91 Å². The fourth-order valence-electron chi connectivity index (χ4n) is 4.68. The van der Waals surface area contributed by atoms with Crippen LogP contribution in [-0.4, -0.2) is 57.8 Å². The molecule has 0 aliphatic carbocycles. The molecule has 0 fully saturated rings. The van der Waals surface area contributed by atoms with E-state index in [4.69, 9.17) is 4.52 Å². The van der Waals surface area contributed by atoms with Crippen molar-refractivity contribution in [2.75, 3.05) is 25.0 Å². The molecule has 4 rings (SSSR count). The van der Waals surface area contributed by atoms with Gasteiger partial charge in [0.2, 0.25) is 11.7 Å². The van der Waals surface area contributed by atoms with Crippen LogP contribution >= 0.6 is 0 Å². The second-order valence-corrected chi connectivity index (χ2v) is 10.8. The molecule has 3 N–H and O–H groups in total. The van der Waals surface area contributed by atoms with Crippen molar-refractivity contribution < 1.29 is 19.2 Å². The van der Waals surface area contributed by atoms with Crippen molar-refractivity contribution in [1.29, 1.82) is 5.26 Å². The van der Waals surface area contributed by atoms with Crippen molar-refractivity contribution in [1.82, 2.24) is 20.4 Å². The van der Waals surface area contributed by atoms with Crippen LogP contribution in [0.15, 0.2) is 40.9 Å². The lowest BCUT2D eigenvalue weighted by Gasteiger charge is -2.33. The first-order chi connectivity index (χ1) is 18.6. The molecule has 0 spiro atoms. The molecule has 10 heteroatoms. The summed E-state index contributed by atoms with van der Waals surface area (Å²) in [6, 6.07) is 12.8. The number of hydrogen-bond acceptors (Lipinski definition) is 7. The number of aromatic nitrogens is 2. The van der Waals surface area contributed by atoms with E-state index >= 15 is 0 Å². The second kappa shape index (κ2) is 11.6. The third kappa shape index (κ3) is 6.37. The van der Waals surface area contributed by atoms with Gasteiger partial charge in [-0.15, -0.1) is 0 Å². The molecule has 0 radical (unpaired) electrons. The van der Waals surface area contributed by atoms with Crippen LogP contribution in [0.2, 0.25) is 0 Å². The molecule has 2 aromatic carbocycles. The minimum Gasteiger partial charge on any atom is -0.465 e. The Morgan fingerprint density at radius 3 is 2.51 bits per heavy atom. The lowest BCUT2D eigenvalue weighted by atomic mass is 9.86. The summed E-state index contributed by atoms with van der Waals surface area (Å²) in [5.74, 6) is 0.554. The highest BCUT2D eigenvalue weighted by Gasteiger charge is 2.36. The summed E-state index contributed by atoms with van der Waals surface area (Å²) in [6.45, 7) is 9.38. The molecular weight excluding hydrogens is 496 g/mol. The topological polar surface area (TPSA) is 144 Å². The molecule has 1 aliphatic rings. The SMILES string of the molecule is CCCNc1ccc(-c2nc(-c3ccc4c(c3)CCN(C(=O)C(NC(=O)O)C(C)(C)C)CC4)no2)cc1C#N. The highest BCUT2D eigenvalue weighted by molar-refractivity contribution is 5.86. The van der Waals surface area contributed by atoms with Gasteiger partial charge in [0.1, 0.15) is 12.1 Å². The van der Waals surface area contributed by atoms with Crippen LogP contribution in [0.4, 0.5) is 10.5 Å². The Hall–Kier alpha value is -4.39. The first-order valence-electron chi connectivity index (χ1n) is 13.1. The standard InChI is InChI=1S/C29H34N6O4/c1-5-12-31-23-9-8-21(16-22(23)17-30)26-33-25(34-39-26)20-7-6-18-10-13-35(14-11-19(18)15-20)27(36)24(29(2,3)4)32-28(37)38/h6-9,15-16,24,31-32H,5,10-14H2,1-4H3,(H,37,38). The molecule has 1 atom stereocenters. The Balaban J connectivity index is 1.51. The van der Waals surface area contributed by atoms with Gasteiger partial charge in [0, 0.05) is 30.8 Å². The van der Waals surface area contributed by atoms with E-state index < -0.39 is 17.6 Å². The number of fused-ring (bicyclic) bond motifs is 1. The van der Waals surface area contributed by atoms with Gasteiger partial charge < -0.3 is 25.2 Å². The van der Waals surface area contributed by atoms with Crippen molar-refractivity contribution in [3.8, 4) is 28.9 Å². The minimum atomic E-state index is -1.21. The molecular formula is C29H34N6O4. The fourth-order valence-corrected chi connectivity index (χ4v) is 4.68. The Bertz CT molecular complexity index is 1400. The maximum absolute atomic E-state index is 13.3. The van der Waals surface area contributed by atoms with Gasteiger partial charge in [-0.2, -0.15) is 10.2 Å². The Morgan fingerprint density at radius 2 is 1.85 bits per heavy atom. The van der Waals surface area contributed by atoms with Gasteiger partial charge in [-0.05, 0) is 60.1 Å². The number of amides is 2. The molecule has 10 nitrogen and oxygen atoms in total. The molecule has 204 valence electrons. The van der Waals surface area contributed by atoms with Gasteiger partial charge in [-0.3, -0.25) is 4.79 Å². The Kier molecular flexibility index (Phi) is 8.19. The van der Waals surface area contributed by atoms with Gasteiger partial charge in [0.25, 0.3) is 5.89 Å². The van der Waals surface area contributed by atoms with E-state index in [1.807, 2.05) is 51.1 Å². The van der Waals surface area contributed by atoms with Crippen LogP contribution in [0.3, 0.4) is 0 Å². The molecule has 0 saturated carbocycles. The summed E-state index contributed by atoms with van der Waals surface area (Å²) >= 11 is 0. The molecule has 1 unspecified atom stereocenters. The zero-order chi connectivity index (χ0) is 28.2. The number of carbonyl (C=O) groups is 2. The van der Waals surface area contributed by atoms with Crippen LogP contribution in [0, 0.1) is 16.7 Å². The third-order valence-electron chi connectivity index (χ3n) is 6.84. The molecule has 2 amide bonds. The molecule has 39 heavy (non-hydrogen) atoms. The lowest BCUT2D eigenvalue weighted by Crippen LogP contribution is -2.54. The normalized spacial score (nSPS) is 14.1. The van der Waals surface area contributed by atoms with Crippen molar-refractivity contribution >= 4 is 17.7 Å². The van der Waals surface area contributed by atoms with Crippen molar-refractivity contribution in [2.24, 2.45) is 5.41 Å². The first-order valence-corrected chi connectivity index (χ1v) is 13.1. The summed E-state index contributed by atoms with van der Waals surface area (Å²) in [5, 5.41) is 28.6. The fraction of sp³-hybridized carbons (Fsp3) is 0.414. The number of rotatable bonds is 7. The van der Waals surface area contributed by atoms with E-state index in [1.54, 1.807) is 11.0 Å². The Labute approximate surface area is 228 Å². The number of anilines is 1. The number of hydrogen-bond donors (Lipinski definition) is 3. The zero-order valence-electron chi connectivity index (χ0n) is 22.7. The summed E-state index contributed by atoms with van der Waals surface area (Å²) in [7, 11) is 0. The molecule has 2 heterocycles. The van der Waals surface area contributed by atoms with E-state index in [9.17, 15) is 20.0 Å². The van der Waals surface area contributed by atoms with Crippen molar-refractivity contribution in [3.05, 3.63) is 53.1 Å². The summed E-state index contributed by atoms with van der Waals surface area (Å²) < 4.78 is 5.53. The van der Waals surface area contributed by atoms with Gasteiger partial charge in [0.15, 0.2) is 0 Å². The highest BCUT2D eigenvalue weighted by Crippen LogP contribution is 2.29. The summed E-state index contributed by atoms with van der Waals surface area (Å²) in [4.78, 5) is 30.9. The number of nitrogens with zero attached hydrogens (tertiary/aromatic N) is 4. The average Bonchev–Trinajstić information content (AvgIpc) is 3.30. The third-order valence-corrected chi connectivity index (χ3v) is 6.84. The van der Waals surface area contributed by atoms with Gasteiger partial charge in [-0.25, -0.2) is 4.79 Å². The van der Waals surface area contributed by atoms with Crippen LogP contribution in [-0.2, 0) is 17.6 Å². The predicted molar refractivity (Wildman–Crippen MR) is 147 cm³/mol. The molecule has 3 aromatic rings. The zero-order valence-corrected chi connectivity index (χ0v) is 22.7. The van der Waals surface area contributed by atoms with Crippen molar-refractivity contribution in [3.63, 3.8) is 0 Å². The minimum absolute atomic E-state index is 0.214. The predicted octanol–water partition coefficient (Wildman–Crippen LogP) is 4.71. The number of nitriles is 1. The summed E-state index contributed by atoms with van der Waals surface area (Å²) in [6.07, 6.45) is 1.03. The van der Waals surface area contributed by atoms with Crippen LogP contribution in [0.25, 0.3) is 22.8 Å². The molecule has 1 aliphatic heterocycles. The van der Waals surface area contributed by atoms with E-state index in [0.717, 1.165) is 35.3 Å². The largest absolute Gasteiger partial charge is 0.465 e. The second-order valence-electron chi connectivity index (χ2n) is 10.8. The molecule has 0 bridgehead atoms. The highest BCUT2D eigenvalue weighted by atomic mass is 16.5. The van der Waals surface area contributed by atoms with E-state index in [0.29, 0.717) is 48.8 Å². The van der Waals surface area contributed by atoms with Crippen LogP contribution < -0.4 is 10.6 Å². The monoisotopic (exact) mass is 530 g/mol. The van der Waals surface area contributed by atoms with E-state index in [1.165, 1.54) is 0 Å². The van der Waals surface area contributed by atoms with Gasteiger partial charge in [0.05, 0.1) is 11.3 Å². The van der Waals surface area contributed by atoms with Crippen LogP contribution in [0.1, 0.15) is 50.8 Å². The quantitative estimate of drug-likeness (QED) is 0.398. The van der Waals surface area contributed by atoms with Gasteiger partial charge >= 0.3 is 6.09 Å². The van der Waals surface area contributed by atoms with Crippen LogP contribution in [0.5, 0.6) is 0 Å².